The van der Waals surface area contributed by atoms with Gasteiger partial charge in [-0.3, -0.25) is 4.79 Å². The highest BCUT2D eigenvalue weighted by Gasteiger charge is 2.37. The molecule has 0 saturated carbocycles. The number of carbonyl (C=O) groups excluding carboxylic acids is 2. The number of likely N-dealkylation sites (N-methyl/N-ethyl adjacent to an activating group) is 1. The Bertz CT molecular complexity index is 901. The van der Waals surface area contributed by atoms with Crippen LogP contribution in [0.3, 0.4) is 0 Å². The van der Waals surface area contributed by atoms with Crippen LogP contribution < -0.4 is 5.32 Å². The van der Waals surface area contributed by atoms with Crippen LogP contribution in [0, 0.1) is 0 Å². The fourth-order valence-corrected chi connectivity index (χ4v) is 5.43. The number of carbonyl (C=O) groups is 2. The maximum absolute atomic E-state index is 13.2. The molecule has 33 heavy (non-hydrogen) atoms. The summed E-state index contributed by atoms with van der Waals surface area (Å²) in [6, 6.07) is 6.73. The van der Waals surface area contributed by atoms with Gasteiger partial charge in [0, 0.05) is 20.1 Å². The van der Waals surface area contributed by atoms with Crippen LogP contribution in [-0.2, 0) is 19.6 Å². The van der Waals surface area contributed by atoms with Gasteiger partial charge in [-0.05, 0) is 52.2 Å². The van der Waals surface area contributed by atoms with Gasteiger partial charge >= 0.3 is 6.09 Å². The zero-order valence-corrected chi connectivity index (χ0v) is 21.0. The molecule has 3 atom stereocenters. The highest BCUT2D eigenvalue weighted by atomic mass is 32.2. The molecule has 0 aliphatic carbocycles. The fraction of sp³-hybridized carbons (Fsp3) is 0.652. The van der Waals surface area contributed by atoms with Crippen LogP contribution in [0.1, 0.15) is 53.4 Å². The summed E-state index contributed by atoms with van der Waals surface area (Å²) >= 11 is 0. The number of sulfonamides is 1. The molecule has 1 aromatic carbocycles. The van der Waals surface area contributed by atoms with E-state index in [2.05, 4.69) is 5.32 Å². The van der Waals surface area contributed by atoms with E-state index in [1.165, 1.54) is 21.3 Å². The lowest BCUT2D eigenvalue weighted by Crippen LogP contribution is -2.54. The molecule has 0 spiro atoms. The lowest BCUT2D eigenvalue weighted by atomic mass is 10.0. The molecule has 1 saturated heterocycles. The standard InChI is InChI=1S/C23H37N3O6S/c1-6-11-18(24-22(29)32-23(2,3)4)21(28)25(5)19-14-10-15-26(16-20(19)27)33(30,31)17-12-8-7-9-13-17/h7-9,12-13,18-20,27H,6,10-11,14-16H2,1-5H3,(H,24,29)/t18-,19?,20?/m0/s1. The summed E-state index contributed by atoms with van der Waals surface area (Å²) in [5.41, 5.74) is -0.693. The molecule has 2 amide bonds. The van der Waals surface area contributed by atoms with E-state index in [-0.39, 0.29) is 23.9 Å². The number of amides is 2. The molecule has 0 radical (unpaired) electrons. The first-order chi connectivity index (χ1) is 15.4. The van der Waals surface area contributed by atoms with Crippen molar-refractivity contribution in [3.8, 4) is 0 Å². The third-order valence-corrected chi connectivity index (χ3v) is 7.41. The Labute approximate surface area is 197 Å². The highest BCUT2D eigenvalue weighted by Crippen LogP contribution is 2.23. The van der Waals surface area contributed by atoms with Gasteiger partial charge in [0.05, 0.1) is 17.0 Å². The summed E-state index contributed by atoms with van der Waals surface area (Å²) in [5, 5.41) is 13.5. The van der Waals surface area contributed by atoms with E-state index in [1.807, 2.05) is 6.92 Å². The molecule has 1 heterocycles. The number of aliphatic hydroxyl groups is 1. The smallest absolute Gasteiger partial charge is 0.408 e. The number of hydrogen-bond acceptors (Lipinski definition) is 6. The summed E-state index contributed by atoms with van der Waals surface area (Å²) in [6.07, 6.45) is 0.266. The van der Waals surface area contributed by atoms with Gasteiger partial charge in [0.1, 0.15) is 11.6 Å². The normalized spacial score (nSPS) is 21.0. The van der Waals surface area contributed by atoms with Crippen LogP contribution >= 0.6 is 0 Å². The largest absolute Gasteiger partial charge is 0.444 e. The van der Waals surface area contributed by atoms with E-state index in [1.54, 1.807) is 46.0 Å². The fourth-order valence-electron chi connectivity index (χ4n) is 3.91. The molecule has 9 nitrogen and oxygen atoms in total. The predicted molar refractivity (Wildman–Crippen MR) is 125 cm³/mol. The number of aliphatic hydroxyl groups excluding tert-OH is 1. The average molecular weight is 484 g/mol. The highest BCUT2D eigenvalue weighted by molar-refractivity contribution is 7.89. The molecule has 2 N–H and O–H groups in total. The quantitative estimate of drug-likeness (QED) is 0.615. The van der Waals surface area contributed by atoms with Gasteiger partial charge in [-0.15, -0.1) is 0 Å². The van der Waals surface area contributed by atoms with E-state index in [9.17, 15) is 23.1 Å². The summed E-state index contributed by atoms with van der Waals surface area (Å²) in [5.74, 6) is -0.342. The molecule has 0 bridgehead atoms. The third kappa shape index (κ3) is 7.41. The first kappa shape index (κ1) is 27.1. The van der Waals surface area contributed by atoms with Crippen LogP contribution in [0.25, 0.3) is 0 Å². The predicted octanol–water partition coefficient (Wildman–Crippen LogP) is 2.35. The van der Waals surface area contributed by atoms with E-state index in [0.717, 1.165) is 0 Å². The summed E-state index contributed by atoms with van der Waals surface area (Å²) < 4.78 is 32.5. The van der Waals surface area contributed by atoms with E-state index < -0.39 is 39.9 Å². The molecule has 1 aromatic rings. The Morgan fingerprint density at radius 3 is 2.48 bits per heavy atom. The van der Waals surface area contributed by atoms with Crippen LogP contribution in [0.2, 0.25) is 0 Å². The maximum atomic E-state index is 13.2. The van der Waals surface area contributed by atoms with Gasteiger partial charge < -0.3 is 20.1 Å². The third-order valence-electron chi connectivity index (χ3n) is 5.53. The van der Waals surface area contributed by atoms with Crippen molar-refractivity contribution in [2.45, 2.75) is 82.1 Å². The van der Waals surface area contributed by atoms with Crippen molar-refractivity contribution >= 4 is 22.0 Å². The Kier molecular flexibility index (Phi) is 9.28. The Morgan fingerprint density at radius 2 is 1.91 bits per heavy atom. The lowest BCUT2D eigenvalue weighted by Gasteiger charge is -2.34. The van der Waals surface area contributed by atoms with Gasteiger partial charge in [-0.25, -0.2) is 13.2 Å². The number of alkyl carbamates (subject to hydrolysis) is 1. The van der Waals surface area contributed by atoms with Crippen molar-refractivity contribution in [3.63, 3.8) is 0 Å². The first-order valence-corrected chi connectivity index (χ1v) is 12.8. The Morgan fingerprint density at radius 1 is 1.27 bits per heavy atom. The molecule has 1 aliphatic heterocycles. The van der Waals surface area contributed by atoms with Crippen LogP contribution in [0.5, 0.6) is 0 Å². The number of β-amino-alcohol motifs (C(OH)–C–C–N with tert-alkyl or cyclic N) is 1. The Hall–Kier alpha value is -2.17. The SMILES string of the molecule is CCC[C@H](NC(=O)OC(C)(C)C)C(=O)N(C)C1CCCN(S(=O)(=O)c2ccccc2)CC1O. The molecular formula is C23H37N3O6S. The van der Waals surface area contributed by atoms with Crippen molar-refractivity contribution in [1.29, 1.82) is 0 Å². The summed E-state index contributed by atoms with van der Waals surface area (Å²) in [7, 11) is -2.17. The van der Waals surface area contributed by atoms with Crippen molar-refractivity contribution in [1.82, 2.24) is 14.5 Å². The molecule has 0 aromatic heterocycles. The number of hydrogen-bond donors (Lipinski definition) is 2. The second kappa shape index (κ2) is 11.3. The lowest BCUT2D eigenvalue weighted by molar-refractivity contribution is -0.137. The summed E-state index contributed by atoms with van der Waals surface area (Å²) in [4.78, 5) is 27.0. The second-order valence-electron chi connectivity index (χ2n) is 9.39. The number of benzene rings is 1. The molecule has 1 aliphatic rings. The van der Waals surface area contributed by atoms with Gasteiger partial charge in [0.2, 0.25) is 15.9 Å². The maximum Gasteiger partial charge on any atom is 0.408 e. The zero-order valence-electron chi connectivity index (χ0n) is 20.2. The molecule has 10 heteroatoms. The monoisotopic (exact) mass is 483 g/mol. The topological polar surface area (TPSA) is 116 Å². The van der Waals surface area contributed by atoms with Gasteiger partial charge in [0.25, 0.3) is 0 Å². The van der Waals surface area contributed by atoms with E-state index in [4.69, 9.17) is 4.74 Å². The zero-order chi connectivity index (χ0) is 24.8. The molecule has 1 fully saturated rings. The van der Waals surface area contributed by atoms with E-state index >= 15 is 0 Å². The minimum atomic E-state index is -3.75. The molecule has 2 unspecified atom stereocenters. The van der Waals surface area contributed by atoms with Crippen molar-refractivity contribution in [2.24, 2.45) is 0 Å². The number of ether oxygens (including phenoxy) is 1. The molecule has 186 valence electrons. The van der Waals surface area contributed by atoms with Crippen LogP contribution in [0.15, 0.2) is 35.2 Å². The van der Waals surface area contributed by atoms with Gasteiger partial charge in [0.15, 0.2) is 0 Å². The van der Waals surface area contributed by atoms with Crippen LogP contribution in [-0.4, -0.2) is 78.7 Å². The Balaban J connectivity index is 2.12. The summed E-state index contributed by atoms with van der Waals surface area (Å²) in [6.45, 7) is 7.27. The number of rotatable bonds is 7. The van der Waals surface area contributed by atoms with Crippen LogP contribution in [0.4, 0.5) is 4.79 Å². The molecule has 2 rings (SSSR count). The second-order valence-corrected chi connectivity index (χ2v) is 11.3. The van der Waals surface area contributed by atoms with Crippen molar-refractivity contribution < 1.29 is 27.9 Å². The van der Waals surface area contributed by atoms with Crippen molar-refractivity contribution in [3.05, 3.63) is 30.3 Å². The first-order valence-electron chi connectivity index (χ1n) is 11.4. The van der Waals surface area contributed by atoms with E-state index in [0.29, 0.717) is 25.7 Å². The molecular weight excluding hydrogens is 446 g/mol. The minimum Gasteiger partial charge on any atom is -0.444 e. The number of nitrogens with one attached hydrogen (secondary N) is 1. The van der Waals surface area contributed by atoms with Crippen molar-refractivity contribution in [2.75, 3.05) is 20.1 Å². The average Bonchev–Trinajstić information content (AvgIpc) is 2.93. The number of nitrogens with zero attached hydrogens (tertiary/aromatic N) is 2. The van der Waals surface area contributed by atoms with Gasteiger partial charge in [-0.2, -0.15) is 4.31 Å². The van der Waals surface area contributed by atoms with Gasteiger partial charge in [-0.1, -0.05) is 31.5 Å². The minimum absolute atomic E-state index is 0.114.